The van der Waals surface area contributed by atoms with Gasteiger partial charge in [-0.1, -0.05) is 51.2 Å². The molecule has 0 aliphatic heterocycles. The molecular formula is C26H36N6O. The zero-order chi connectivity index (χ0) is 22.8. The standard InChI is InChI=1S/C26H36N6O/c1-3-8-24(25-28-29-30-32(25)22-11-6-7-12-22)31(21-9-4-5-10-21)17-20-16-19-14-13-18(2)15-23(19)27-26(20)33/h13-16,21-22,24H,3-12,17H2,1-2H3,(H,27,33)/t24-/m1/s1. The zero-order valence-electron chi connectivity index (χ0n) is 20.0. The molecule has 0 unspecified atom stereocenters. The van der Waals surface area contributed by atoms with Crippen molar-refractivity contribution in [3.8, 4) is 0 Å². The van der Waals surface area contributed by atoms with E-state index in [1.807, 2.05) is 6.07 Å². The normalized spacial score (nSPS) is 18.6. The number of aryl methyl sites for hydroxylation is 1. The van der Waals surface area contributed by atoms with Gasteiger partial charge in [-0.3, -0.25) is 9.69 Å². The van der Waals surface area contributed by atoms with Crippen LogP contribution in [0.2, 0.25) is 0 Å². The molecule has 2 aliphatic rings. The van der Waals surface area contributed by atoms with Crippen molar-refractivity contribution in [2.24, 2.45) is 0 Å². The summed E-state index contributed by atoms with van der Waals surface area (Å²) in [5, 5.41) is 14.2. The third-order valence-corrected chi connectivity index (χ3v) is 7.67. The molecule has 0 amide bonds. The van der Waals surface area contributed by atoms with Crippen LogP contribution in [0.4, 0.5) is 0 Å². The van der Waals surface area contributed by atoms with E-state index in [9.17, 15) is 4.79 Å². The van der Waals surface area contributed by atoms with E-state index in [1.54, 1.807) is 0 Å². The molecular weight excluding hydrogens is 412 g/mol. The molecule has 0 spiro atoms. The molecule has 0 saturated heterocycles. The van der Waals surface area contributed by atoms with Crippen LogP contribution in [0.15, 0.2) is 29.1 Å². The van der Waals surface area contributed by atoms with Crippen molar-refractivity contribution in [1.82, 2.24) is 30.1 Å². The van der Waals surface area contributed by atoms with Crippen molar-refractivity contribution in [1.29, 1.82) is 0 Å². The maximum absolute atomic E-state index is 13.1. The minimum Gasteiger partial charge on any atom is -0.322 e. The first kappa shape index (κ1) is 22.3. The Labute approximate surface area is 195 Å². The van der Waals surface area contributed by atoms with Crippen LogP contribution in [0.1, 0.15) is 100 Å². The highest BCUT2D eigenvalue weighted by molar-refractivity contribution is 5.79. The zero-order valence-corrected chi connectivity index (χ0v) is 20.0. The van der Waals surface area contributed by atoms with Gasteiger partial charge in [-0.15, -0.1) is 5.10 Å². The van der Waals surface area contributed by atoms with Crippen LogP contribution in [-0.2, 0) is 6.54 Å². The molecule has 5 rings (SSSR count). The highest BCUT2D eigenvalue weighted by Crippen LogP contribution is 2.37. The largest absolute Gasteiger partial charge is 0.322 e. The van der Waals surface area contributed by atoms with E-state index in [0.29, 0.717) is 18.6 Å². The second-order valence-electron chi connectivity index (χ2n) is 10.0. The minimum absolute atomic E-state index is 0.0155. The van der Waals surface area contributed by atoms with Crippen molar-refractivity contribution in [2.75, 3.05) is 0 Å². The summed E-state index contributed by atoms with van der Waals surface area (Å²) in [5.74, 6) is 0.989. The van der Waals surface area contributed by atoms with E-state index in [2.05, 4.69) is 62.1 Å². The highest BCUT2D eigenvalue weighted by atomic mass is 16.1. The first-order valence-electron chi connectivity index (χ1n) is 12.8. The van der Waals surface area contributed by atoms with Crippen LogP contribution >= 0.6 is 0 Å². The van der Waals surface area contributed by atoms with Crippen LogP contribution in [0, 0.1) is 6.92 Å². The average molecular weight is 449 g/mol. The van der Waals surface area contributed by atoms with Gasteiger partial charge in [0, 0.05) is 23.7 Å². The fourth-order valence-corrected chi connectivity index (χ4v) is 5.95. The molecule has 2 saturated carbocycles. The Morgan fingerprint density at radius 3 is 2.64 bits per heavy atom. The smallest absolute Gasteiger partial charge is 0.252 e. The number of rotatable bonds is 8. The maximum Gasteiger partial charge on any atom is 0.252 e. The first-order chi connectivity index (χ1) is 16.1. The summed E-state index contributed by atoms with van der Waals surface area (Å²) >= 11 is 0. The molecule has 7 nitrogen and oxygen atoms in total. The number of H-pyrrole nitrogens is 1. The molecule has 7 heteroatoms. The van der Waals surface area contributed by atoms with Crippen molar-refractivity contribution < 1.29 is 0 Å². The van der Waals surface area contributed by atoms with Crippen LogP contribution in [0.25, 0.3) is 10.9 Å². The third-order valence-electron chi connectivity index (χ3n) is 7.67. The van der Waals surface area contributed by atoms with Gasteiger partial charge in [-0.25, -0.2) is 4.68 Å². The van der Waals surface area contributed by atoms with Crippen LogP contribution in [0.5, 0.6) is 0 Å². The van der Waals surface area contributed by atoms with Crippen LogP contribution < -0.4 is 5.56 Å². The fourth-order valence-electron chi connectivity index (χ4n) is 5.95. The quantitative estimate of drug-likeness (QED) is 0.511. The lowest BCUT2D eigenvalue weighted by Crippen LogP contribution is -2.39. The van der Waals surface area contributed by atoms with Gasteiger partial charge in [0.05, 0.1) is 12.1 Å². The van der Waals surface area contributed by atoms with Gasteiger partial charge in [0.25, 0.3) is 5.56 Å². The van der Waals surface area contributed by atoms with Crippen molar-refractivity contribution in [3.05, 3.63) is 51.6 Å². The molecule has 2 heterocycles. The van der Waals surface area contributed by atoms with Crippen LogP contribution in [0.3, 0.4) is 0 Å². The Hall–Kier alpha value is -2.54. The lowest BCUT2D eigenvalue weighted by atomic mass is 10.0. The van der Waals surface area contributed by atoms with E-state index >= 15 is 0 Å². The Balaban J connectivity index is 1.52. The second kappa shape index (κ2) is 9.75. The van der Waals surface area contributed by atoms with Crippen molar-refractivity contribution in [3.63, 3.8) is 0 Å². The first-order valence-corrected chi connectivity index (χ1v) is 12.8. The highest BCUT2D eigenvalue weighted by Gasteiger charge is 2.34. The van der Waals surface area contributed by atoms with Crippen molar-refractivity contribution in [2.45, 2.75) is 103 Å². The summed E-state index contributed by atoms with van der Waals surface area (Å²) in [5.41, 5.74) is 2.91. The molecule has 2 fully saturated rings. The molecule has 0 radical (unpaired) electrons. The summed E-state index contributed by atoms with van der Waals surface area (Å²) in [6.45, 7) is 4.91. The van der Waals surface area contributed by atoms with Gasteiger partial charge < -0.3 is 4.98 Å². The number of nitrogens with one attached hydrogen (secondary N) is 1. The number of pyridine rings is 1. The summed E-state index contributed by atoms with van der Waals surface area (Å²) in [6, 6.07) is 9.34. The minimum atomic E-state index is 0.0155. The Morgan fingerprint density at radius 1 is 1.12 bits per heavy atom. The number of fused-ring (bicyclic) bond motifs is 1. The number of benzene rings is 1. The van der Waals surface area contributed by atoms with Crippen LogP contribution in [-0.4, -0.2) is 36.1 Å². The summed E-state index contributed by atoms with van der Waals surface area (Å²) < 4.78 is 2.11. The Bertz CT molecular complexity index is 1140. The van der Waals surface area contributed by atoms with E-state index in [4.69, 9.17) is 0 Å². The third kappa shape index (κ3) is 4.60. The molecule has 2 aliphatic carbocycles. The molecule has 1 N–H and O–H groups in total. The molecule has 1 atom stereocenters. The number of nitrogens with zero attached hydrogens (tertiary/aromatic N) is 5. The SMILES string of the molecule is CCC[C@H](c1nnnn1C1CCCC1)N(Cc1cc2ccc(C)cc2[nH]c1=O)C1CCCC1. The molecule has 0 bridgehead atoms. The average Bonchev–Trinajstić information content (AvgIpc) is 3.58. The van der Waals surface area contributed by atoms with Gasteiger partial charge in [-0.05, 0) is 72.5 Å². The van der Waals surface area contributed by atoms with Gasteiger partial charge in [-0.2, -0.15) is 0 Å². The Morgan fingerprint density at radius 2 is 1.88 bits per heavy atom. The number of aromatic amines is 1. The van der Waals surface area contributed by atoms with Gasteiger partial charge in [0.2, 0.25) is 0 Å². The number of hydrogen-bond acceptors (Lipinski definition) is 5. The van der Waals surface area contributed by atoms with Gasteiger partial charge in [0.15, 0.2) is 5.82 Å². The van der Waals surface area contributed by atoms with E-state index < -0.39 is 0 Å². The molecule has 3 aromatic rings. The summed E-state index contributed by atoms with van der Waals surface area (Å²) in [7, 11) is 0. The van der Waals surface area contributed by atoms with Gasteiger partial charge >= 0.3 is 0 Å². The predicted octanol–water partition coefficient (Wildman–Crippen LogP) is 5.22. The maximum atomic E-state index is 13.1. The van der Waals surface area contributed by atoms with E-state index in [0.717, 1.165) is 53.5 Å². The Kier molecular flexibility index (Phi) is 6.58. The number of aromatic nitrogens is 5. The van der Waals surface area contributed by atoms with Gasteiger partial charge in [0.1, 0.15) is 0 Å². The summed E-state index contributed by atoms with van der Waals surface area (Å²) in [6.07, 6.45) is 11.7. The number of tetrazole rings is 1. The number of hydrogen-bond donors (Lipinski definition) is 1. The second-order valence-corrected chi connectivity index (χ2v) is 10.0. The molecule has 33 heavy (non-hydrogen) atoms. The lowest BCUT2D eigenvalue weighted by molar-refractivity contribution is 0.106. The fraction of sp³-hybridized carbons (Fsp3) is 0.615. The topological polar surface area (TPSA) is 79.7 Å². The van der Waals surface area contributed by atoms with E-state index in [-0.39, 0.29) is 11.6 Å². The summed E-state index contributed by atoms with van der Waals surface area (Å²) in [4.78, 5) is 18.8. The molecule has 176 valence electrons. The monoisotopic (exact) mass is 448 g/mol. The molecule has 2 aromatic heterocycles. The predicted molar refractivity (Wildman–Crippen MR) is 130 cm³/mol. The van der Waals surface area contributed by atoms with Crippen molar-refractivity contribution >= 4 is 10.9 Å². The van der Waals surface area contributed by atoms with E-state index in [1.165, 1.54) is 38.5 Å². The lowest BCUT2D eigenvalue weighted by Gasteiger charge is -2.36. The molecule has 1 aromatic carbocycles.